The summed E-state index contributed by atoms with van der Waals surface area (Å²) in [6.07, 6.45) is 0. The molecule has 0 unspecified atom stereocenters. The molecule has 0 aliphatic rings. The van der Waals surface area contributed by atoms with Crippen LogP contribution >= 0.6 is 0 Å². The van der Waals surface area contributed by atoms with Crippen molar-refractivity contribution < 1.29 is 9.26 Å². The van der Waals surface area contributed by atoms with E-state index in [1.807, 2.05) is 32.0 Å². The van der Waals surface area contributed by atoms with Crippen molar-refractivity contribution in [2.24, 2.45) is 0 Å². The van der Waals surface area contributed by atoms with Crippen molar-refractivity contribution in [3.63, 3.8) is 0 Å². The predicted molar refractivity (Wildman–Crippen MR) is 82.8 cm³/mol. The maximum absolute atomic E-state index is 5.37. The molecule has 0 aliphatic carbocycles. The van der Waals surface area contributed by atoms with Crippen LogP contribution < -0.4 is 10.1 Å². The molecule has 1 N–H and O–H groups in total. The van der Waals surface area contributed by atoms with Gasteiger partial charge in [-0.2, -0.15) is 4.98 Å². The molecule has 1 aromatic heterocycles. The van der Waals surface area contributed by atoms with Crippen molar-refractivity contribution in [3.05, 3.63) is 35.5 Å². The van der Waals surface area contributed by atoms with Gasteiger partial charge in [0.1, 0.15) is 11.8 Å². The number of anilines is 1. The van der Waals surface area contributed by atoms with Crippen LogP contribution in [0.1, 0.15) is 51.0 Å². The number of aromatic nitrogens is 2. The molecule has 1 aromatic carbocycles. The van der Waals surface area contributed by atoms with E-state index >= 15 is 0 Å². The number of nitrogens with zero attached hydrogens (tertiary/aromatic N) is 2. The molecule has 0 saturated carbocycles. The molecule has 5 heteroatoms. The minimum atomic E-state index is -0.123. The number of hydrogen-bond donors (Lipinski definition) is 1. The maximum atomic E-state index is 5.37. The second kappa shape index (κ2) is 5.76. The molecule has 2 aromatic rings. The first-order chi connectivity index (χ1) is 9.81. The van der Waals surface area contributed by atoms with Gasteiger partial charge in [-0.15, -0.1) is 0 Å². The fraction of sp³-hybridized carbons (Fsp3) is 0.500. The third-order valence-corrected chi connectivity index (χ3v) is 3.21. The molecule has 114 valence electrons. The molecule has 21 heavy (non-hydrogen) atoms. The van der Waals surface area contributed by atoms with Gasteiger partial charge in [0.25, 0.3) is 0 Å². The zero-order chi connectivity index (χ0) is 15.6. The van der Waals surface area contributed by atoms with Crippen LogP contribution in [0.15, 0.2) is 22.7 Å². The Hall–Kier alpha value is -2.04. The largest absolute Gasteiger partial charge is 0.495 e. The van der Waals surface area contributed by atoms with Crippen molar-refractivity contribution in [1.82, 2.24) is 10.1 Å². The third kappa shape index (κ3) is 3.54. The molecule has 0 radical (unpaired) electrons. The minimum absolute atomic E-state index is 0.0932. The Balaban J connectivity index is 2.20. The van der Waals surface area contributed by atoms with Crippen molar-refractivity contribution in [2.75, 3.05) is 12.4 Å². The van der Waals surface area contributed by atoms with E-state index in [2.05, 4.69) is 36.2 Å². The summed E-state index contributed by atoms with van der Waals surface area (Å²) in [5.41, 5.74) is 1.95. The molecule has 1 heterocycles. The van der Waals surface area contributed by atoms with Gasteiger partial charge in [0, 0.05) is 5.41 Å². The van der Waals surface area contributed by atoms with Crippen LogP contribution in [0.4, 0.5) is 5.69 Å². The Morgan fingerprint density at radius 1 is 1.29 bits per heavy atom. The number of hydrogen-bond acceptors (Lipinski definition) is 5. The number of methoxy groups -OCH3 is 1. The molecule has 0 spiro atoms. The lowest BCUT2D eigenvalue weighted by molar-refractivity contribution is 0.353. The van der Waals surface area contributed by atoms with Crippen LogP contribution in [0.2, 0.25) is 0 Å². The van der Waals surface area contributed by atoms with E-state index in [1.54, 1.807) is 7.11 Å². The highest BCUT2D eigenvalue weighted by Crippen LogP contribution is 2.29. The summed E-state index contributed by atoms with van der Waals surface area (Å²) >= 11 is 0. The average Bonchev–Trinajstić information content (AvgIpc) is 2.88. The van der Waals surface area contributed by atoms with Crippen LogP contribution in [-0.4, -0.2) is 17.3 Å². The van der Waals surface area contributed by atoms with Gasteiger partial charge in [0.2, 0.25) is 5.89 Å². The quantitative estimate of drug-likeness (QED) is 0.926. The van der Waals surface area contributed by atoms with Crippen molar-refractivity contribution in [1.29, 1.82) is 0 Å². The Labute approximate surface area is 125 Å². The lowest BCUT2D eigenvalue weighted by Crippen LogP contribution is -2.14. The summed E-state index contributed by atoms with van der Waals surface area (Å²) in [7, 11) is 1.66. The molecule has 0 amide bonds. The topological polar surface area (TPSA) is 60.2 Å². The fourth-order valence-electron chi connectivity index (χ4n) is 1.95. The zero-order valence-corrected chi connectivity index (χ0v) is 13.5. The molecule has 0 fully saturated rings. The summed E-state index contributed by atoms with van der Waals surface area (Å²) in [6.45, 7) is 10.2. The molecule has 0 saturated heterocycles. The minimum Gasteiger partial charge on any atom is -0.495 e. The summed E-state index contributed by atoms with van der Waals surface area (Å²) < 4.78 is 10.7. The fourth-order valence-corrected chi connectivity index (χ4v) is 1.95. The third-order valence-electron chi connectivity index (χ3n) is 3.21. The van der Waals surface area contributed by atoms with Crippen LogP contribution in [0.3, 0.4) is 0 Å². The van der Waals surface area contributed by atoms with Crippen molar-refractivity contribution in [2.45, 2.75) is 46.1 Å². The highest BCUT2D eigenvalue weighted by atomic mass is 16.5. The summed E-state index contributed by atoms with van der Waals surface area (Å²) in [6, 6.07) is 5.90. The number of aryl methyl sites for hydroxylation is 1. The molecule has 5 nitrogen and oxygen atoms in total. The summed E-state index contributed by atoms with van der Waals surface area (Å²) in [5.74, 6) is 2.08. The highest BCUT2D eigenvalue weighted by molar-refractivity contribution is 5.58. The summed E-state index contributed by atoms with van der Waals surface area (Å²) in [4.78, 5) is 4.47. The Bertz CT molecular complexity index is 614. The lowest BCUT2D eigenvalue weighted by atomic mass is 9.96. The van der Waals surface area contributed by atoms with E-state index in [0.717, 1.165) is 17.0 Å². The van der Waals surface area contributed by atoms with Gasteiger partial charge in [-0.1, -0.05) is 32.0 Å². The first-order valence-electron chi connectivity index (χ1n) is 7.06. The number of ether oxygens (including phenoxy) is 1. The highest BCUT2D eigenvalue weighted by Gasteiger charge is 2.23. The molecule has 2 rings (SSSR count). The Morgan fingerprint density at radius 3 is 2.57 bits per heavy atom. The van der Waals surface area contributed by atoms with Gasteiger partial charge in [0.05, 0.1) is 12.8 Å². The van der Waals surface area contributed by atoms with E-state index < -0.39 is 0 Å². The second-order valence-corrected chi connectivity index (χ2v) is 6.28. The number of rotatable bonds is 4. The van der Waals surface area contributed by atoms with E-state index in [9.17, 15) is 0 Å². The van der Waals surface area contributed by atoms with E-state index in [1.165, 1.54) is 0 Å². The average molecular weight is 289 g/mol. The van der Waals surface area contributed by atoms with Crippen LogP contribution in [0.25, 0.3) is 0 Å². The first kappa shape index (κ1) is 15.4. The maximum Gasteiger partial charge on any atom is 0.248 e. The second-order valence-electron chi connectivity index (χ2n) is 6.28. The van der Waals surface area contributed by atoms with E-state index in [4.69, 9.17) is 9.26 Å². The van der Waals surface area contributed by atoms with Gasteiger partial charge in [-0.3, -0.25) is 0 Å². The van der Waals surface area contributed by atoms with Gasteiger partial charge < -0.3 is 14.6 Å². The van der Waals surface area contributed by atoms with Gasteiger partial charge in [0.15, 0.2) is 5.82 Å². The predicted octanol–water partition coefficient (Wildman–Crippen LogP) is 3.86. The first-order valence-corrected chi connectivity index (χ1v) is 7.06. The summed E-state index contributed by atoms with van der Waals surface area (Å²) in [5, 5.41) is 7.41. The molecular weight excluding hydrogens is 266 g/mol. The van der Waals surface area contributed by atoms with Gasteiger partial charge >= 0.3 is 0 Å². The SMILES string of the molecule is COc1ccc(C)cc1N[C@H](C)c1nc(C(C)(C)C)no1. The lowest BCUT2D eigenvalue weighted by Gasteiger charge is -2.15. The van der Waals surface area contributed by atoms with Crippen LogP contribution in [-0.2, 0) is 5.41 Å². The molecule has 0 aliphatic heterocycles. The van der Waals surface area contributed by atoms with Gasteiger partial charge in [-0.05, 0) is 31.5 Å². The molecular formula is C16H23N3O2. The van der Waals surface area contributed by atoms with E-state index in [-0.39, 0.29) is 11.5 Å². The zero-order valence-electron chi connectivity index (χ0n) is 13.5. The van der Waals surface area contributed by atoms with Crippen molar-refractivity contribution in [3.8, 4) is 5.75 Å². The van der Waals surface area contributed by atoms with Gasteiger partial charge in [-0.25, -0.2) is 0 Å². The molecule has 0 bridgehead atoms. The van der Waals surface area contributed by atoms with E-state index in [0.29, 0.717) is 11.7 Å². The van der Waals surface area contributed by atoms with Crippen molar-refractivity contribution >= 4 is 5.69 Å². The Morgan fingerprint density at radius 2 is 2.00 bits per heavy atom. The standard InChI is InChI=1S/C16H23N3O2/c1-10-7-8-13(20-6)12(9-10)17-11(2)14-18-15(19-21-14)16(3,4)5/h7-9,11,17H,1-6H3/t11-/m1/s1. The van der Waals surface area contributed by atoms with Crippen LogP contribution in [0, 0.1) is 6.92 Å². The normalized spacial score (nSPS) is 13.0. The van der Waals surface area contributed by atoms with Crippen LogP contribution in [0.5, 0.6) is 5.75 Å². The molecule has 1 atom stereocenters. The number of benzene rings is 1. The smallest absolute Gasteiger partial charge is 0.248 e. The number of nitrogens with one attached hydrogen (secondary N) is 1. The Kier molecular flexibility index (Phi) is 4.21. The monoisotopic (exact) mass is 289 g/mol.